The molecule has 2 heterocycles. The first kappa shape index (κ1) is 18.1. The molecule has 0 N–H and O–H groups in total. The van der Waals surface area contributed by atoms with Crippen LogP contribution in [0.25, 0.3) is 5.65 Å². The Labute approximate surface area is 159 Å². The fourth-order valence-corrected chi connectivity index (χ4v) is 3.91. The molecule has 0 aliphatic heterocycles. The van der Waals surface area contributed by atoms with Gasteiger partial charge < -0.3 is 0 Å². The van der Waals surface area contributed by atoms with Crippen molar-refractivity contribution in [1.29, 1.82) is 5.26 Å². The molecular formula is C17H14BrN5O2S. The van der Waals surface area contributed by atoms with Crippen molar-refractivity contribution in [3.05, 3.63) is 64.0 Å². The zero-order valence-corrected chi connectivity index (χ0v) is 16.4. The number of pyridine rings is 1. The maximum atomic E-state index is 12.8. The number of benzene rings is 1. The number of rotatable bonds is 4. The van der Waals surface area contributed by atoms with Gasteiger partial charge in [0, 0.05) is 17.7 Å². The Bertz CT molecular complexity index is 1160. The summed E-state index contributed by atoms with van der Waals surface area (Å²) in [6, 6.07) is 10.2. The second kappa shape index (κ2) is 6.90. The SMILES string of the molecule is Cc1ccc(C#N)cc1S(=O)(=O)N(C)N=Cc1cnc2ccc(Br)cn12. The molecule has 0 fully saturated rings. The number of imidazole rings is 1. The van der Waals surface area contributed by atoms with Gasteiger partial charge in [-0.2, -0.15) is 23.2 Å². The molecule has 132 valence electrons. The number of aryl methyl sites for hydroxylation is 1. The van der Waals surface area contributed by atoms with Gasteiger partial charge in [0.1, 0.15) is 5.65 Å². The smallest absolute Gasteiger partial charge is 0.279 e. The van der Waals surface area contributed by atoms with Crippen molar-refractivity contribution in [3.63, 3.8) is 0 Å². The Morgan fingerprint density at radius 1 is 1.35 bits per heavy atom. The number of hydrazone groups is 1. The third-order valence-corrected chi connectivity index (χ3v) is 6.05. The highest BCUT2D eigenvalue weighted by atomic mass is 79.9. The minimum atomic E-state index is -3.87. The van der Waals surface area contributed by atoms with Crippen LogP contribution >= 0.6 is 15.9 Å². The van der Waals surface area contributed by atoms with E-state index in [0.29, 0.717) is 11.3 Å². The van der Waals surface area contributed by atoms with Gasteiger partial charge in [0.05, 0.1) is 34.6 Å². The summed E-state index contributed by atoms with van der Waals surface area (Å²) in [4.78, 5) is 4.29. The molecule has 9 heteroatoms. The van der Waals surface area contributed by atoms with E-state index < -0.39 is 10.0 Å². The largest absolute Gasteiger partial charge is 0.298 e. The van der Waals surface area contributed by atoms with Crippen molar-refractivity contribution < 1.29 is 8.42 Å². The van der Waals surface area contributed by atoms with Crippen molar-refractivity contribution in [1.82, 2.24) is 13.8 Å². The summed E-state index contributed by atoms with van der Waals surface area (Å²) in [6.45, 7) is 1.67. The van der Waals surface area contributed by atoms with Crippen LogP contribution in [0.5, 0.6) is 0 Å². The van der Waals surface area contributed by atoms with Gasteiger partial charge in [0.25, 0.3) is 10.0 Å². The zero-order valence-electron chi connectivity index (χ0n) is 14.0. The molecular weight excluding hydrogens is 418 g/mol. The molecule has 0 atom stereocenters. The van der Waals surface area contributed by atoms with E-state index in [0.717, 1.165) is 14.5 Å². The van der Waals surface area contributed by atoms with Crippen LogP contribution in [-0.2, 0) is 10.0 Å². The Kier molecular flexibility index (Phi) is 4.80. The topological polar surface area (TPSA) is 90.8 Å². The lowest BCUT2D eigenvalue weighted by molar-refractivity contribution is 0.490. The van der Waals surface area contributed by atoms with E-state index in [1.165, 1.54) is 19.3 Å². The fraction of sp³-hybridized carbons (Fsp3) is 0.118. The second-order valence-electron chi connectivity index (χ2n) is 5.53. The lowest BCUT2D eigenvalue weighted by Gasteiger charge is -2.15. The number of nitrogens with zero attached hydrogens (tertiary/aromatic N) is 5. The molecule has 1 aromatic carbocycles. The zero-order chi connectivity index (χ0) is 18.9. The summed E-state index contributed by atoms with van der Waals surface area (Å²) < 4.78 is 29.1. The number of hydrogen-bond donors (Lipinski definition) is 0. The molecule has 0 bridgehead atoms. The molecule has 0 saturated carbocycles. The van der Waals surface area contributed by atoms with Crippen LogP contribution < -0.4 is 0 Å². The summed E-state index contributed by atoms with van der Waals surface area (Å²) in [7, 11) is -2.52. The normalized spacial score (nSPS) is 11.8. The maximum Gasteiger partial charge on any atom is 0.279 e. The Balaban J connectivity index is 1.96. The molecule has 0 unspecified atom stereocenters. The number of halogens is 1. The molecule has 0 radical (unpaired) electrons. The Morgan fingerprint density at radius 2 is 2.12 bits per heavy atom. The molecule has 0 saturated heterocycles. The van der Waals surface area contributed by atoms with Crippen LogP contribution in [0.3, 0.4) is 0 Å². The number of fused-ring (bicyclic) bond motifs is 1. The fourth-order valence-electron chi connectivity index (χ4n) is 2.36. The third-order valence-electron chi connectivity index (χ3n) is 3.79. The molecule has 3 aromatic rings. The quantitative estimate of drug-likeness (QED) is 0.468. The van der Waals surface area contributed by atoms with E-state index in [9.17, 15) is 8.42 Å². The van der Waals surface area contributed by atoms with Crippen LogP contribution in [0.4, 0.5) is 0 Å². The van der Waals surface area contributed by atoms with Crippen molar-refractivity contribution in [2.24, 2.45) is 5.10 Å². The summed E-state index contributed by atoms with van der Waals surface area (Å²) in [5.74, 6) is 0. The lowest BCUT2D eigenvalue weighted by atomic mass is 10.2. The summed E-state index contributed by atoms with van der Waals surface area (Å²) >= 11 is 3.39. The highest BCUT2D eigenvalue weighted by Crippen LogP contribution is 2.21. The molecule has 2 aromatic heterocycles. The monoisotopic (exact) mass is 431 g/mol. The van der Waals surface area contributed by atoms with Gasteiger partial charge in [-0.3, -0.25) is 4.40 Å². The molecule has 26 heavy (non-hydrogen) atoms. The van der Waals surface area contributed by atoms with E-state index >= 15 is 0 Å². The highest BCUT2D eigenvalue weighted by Gasteiger charge is 2.22. The number of aromatic nitrogens is 2. The minimum Gasteiger partial charge on any atom is -0.298 e. The molecule has 0 amide bonds. The van der Waals surface area contributed by atoms with Crippen molar-refractivity contribution in [2.75, 3.05) is 7.05 Å². The van der Waals surface area contributed by atoms with E-state index in [2.05, 4.69) is 26.0 Å². The maximum absolute atomic E-state index is 12.8. The van der Waals surface area contributed by atoms with Gasteiger partial charge in [0.15, 0.2) is 0 Å². The van der Waals surface area contributed by atoms with E-state index in [-0.39, 0.29) is 10.5 Å². The number of sulfonamides is 1. The number of hydrogen-bond acceptors (Lipinski definition) is 5. The van der Waals surface area contributed by atoms with Crippen LogP contribution in [0.2, 0.25) is 0 Å². The van der Waals surface area contributed by atoms with Gasteiger partial charge >= 0.3 is 0 Å². The van der Waals surface area contributed by atoms with Gasteiger partial charge in [-0.05, 0) is 52.7 Å². The molecule has 3 rings (SSSR count). The first-order valence-electron chi connectivity index (χ1n) is 7.49. The summed E-state index contributed by atoms with van der Waals surface area (Å²) in [6.07, 6.45) is 4.85. The van der Waals surface area contributed by atoms with Crippen molar-refractivity contribution >= 4 is 37.8 Å². The van der Waals surface area contributed by atoms with Gasteiger partial charge in [-0.25, -0.2) is 4.98 Å². The first-order chi connectivity index (χ1) is 12.3. The minimum absolute atomic E-state index is 0.0529. The van der Waals surface area contributed by atoms with Crippen LogP contribution in [-0.4, -0.2) is 35.5 Å². The number of nitriles is 1. The van der Waals surface area contributed by atoms with Crippen LogP contribution in [0, 0.1) is 18.3 Å². The van der Waals surface area contributed by atoms with E-state index in [4.69, 9.17) is 5.26 Å². The third kappa shape index (κ3) is 3.34. The van der Waals surface area contributed by atoms with Crippen LogP contribution in [0.15, 0.2) is 57.2 Å². The summed E-state index contributed by atoms with van der Waals surface area (Å²) in [5, 5.41) is 13.1. The predicted octanol–water partition coefficient (Wildman–Crippen LogP) is 2.93. The van der Waals surface area contributed by atoms with Crippen molar-refractivity contribution in [2.45, 2.75) is 11.8 Å². The molecule has 0 aliphatic rings. The predicted molar refractivity (Wildman–Crippen MR) is 101 cm³/mol. The Morgan fingerprint density at radius 3 is 2.85 bits per heavy atom. The average molecular weight is 432 g/mol. The van der Waals surface area contributed by atoms with Crippen molar-refractivity contribution in [3.8, 4) is 6.07 Å². The van der Waals surface area contributed by atoms with Gasteiger partial charge in [-0.15, -0.1) is 0 Å². The highest BCUT2D eigenvalue weighted by molar-refractivity contribution is 9.10. The van der Waals surface area contributed by atoms with E-state index in [1.807, 2.05) is 24.4 Å². The lowest BCUT2D eigenvalue weighted by Crippen LogP contribution is -2.23. The Hall–Kier alpha value is -2.70. The van der Waals surface area contributed by atoms with Gasteiger partial charge in [0.2, 0.25) is 0 Å². The summed E-state index contributed by atoms with van der Waals surface area (Å²) in [5.41, 5.74) is 2.17. The van der Waals surface area contributed by atoms with Gasteiger partial charge in [-0.1, -0.05) is 6.07 Å². The average Bonchev–Trinajstić information content (AvgIpc) is 3.02. The van der Waals surface area contributed by atoms with Crippen LogP contribution in [0.1, 0.15) is 16.8 Å². The van der Waals surface area contributed by atoms with E-state index in [1.54, 1.807) is 29.7 Å². The standard InChI is InChI=1S/C17H14BrN5O2S/c1-12-3-4-13(8-19)7-16(12)26(24,25)22(2)21-10-15-9-20-17-6-5-14(18)11-23(15)17/h3-7,9-11H,1-2H3. The second-order valence-corrected chi connectivity index (χ2v) is 8.37. The molecule has 0 aliphatic carbocycles. The first-order valence-corrected chi connectivity index (χ1v) is 9.72. The molecule has 7 nitrogen and oxygen atoms in total. The molecule has 0 spiro atoms.